The summed E-state index contributed by atoms with van der Waals surface area (Å²) >= 11 is 5.88. The molecule has 0 aliphatic carbocycles. The number of halogens is 1. The molecule has 0 spiro atoms. The zero-order valence-corrected chi connectivity index (χ0v) is 16.7. The predicted molar refractivity (Wildman–Crippen MR) is 106 cm³/mol. The second-order valence-electron chi connectivity index (χ2n) is 6.02. The topological polar surface area (TPSA) is 82.8 Å². The molecule has 0 bridgehead atoms. The zero-order valence-electron chi connectivity index (χ0n) is 15.1. The predicted octanol–water partition coefficient (Wildman–Crippen LogP) is 4.30. The molecule has 1 heterocycles. The maximum absolute atomic E-state index is 12.6. The number of sulfone groups is 1. The van der Waals surface area contributed by atoms with E-state index >= 15 is 0 Å². The van der Waals surface area contributed by atoms with E-state index in [-0.39, 0.29) is 23.0 Å². The van der Waals surface area contributed by atoms with Gasteiger partial charge in [0.15, 0.2) is 15.6 Å². The largest absolute Gasteiger partial charge is 0.454 e. The molecule has 0 fully saturated rings. The third-order valence-electron chi connectivity index (χ3n) is 3.82. The van der Waals surface area contributed by atoms with Crippen LogP contribution in [0.4, 0.5) is 0 Å². The van der Waals surface area contributed by atoms with Crippen molar-refractivity contribution in [3.05, 3.63) is 75.6 Å². The van der Waals surface area contributed by atoms with Gasteiger partial charge < -0.3 is 13.9 Å². The van der Waals surface area contributed by atoms with Gasteiger partial charge in [-0.15, -0.1) is 0 Å². The number of benzene rings is 2. The fourth-order valence-corrected chi connectivity index (χ4v) is 3.26. The van der Waals surface area contributed by atoms with Crippen LogP contribution in [0.3, 0.4) is 0 Å². The first-order valence-electron chi connectivity index (χ1n) is 8.18. The number of hydrogen-bond donors (Lipinski definition) is 0. The highest BCUT2D eigenvalue weighted by atomic mass is 35.5. The molecule has 0 N–H and O–H groups in total. The molecule has 0 saturated carbocycles. The van der Waals surface area contributed by atoms with Crippen LogP contribution < -0.4 is 10.2 Å². The van der Waals surface area contributed by atoms with Crippen LogP contribution in [0.15, 0.2) is 68.7 Å². The second-order valence-corrected chi connectivity index (χ2v) is 8.47. The van der Waals surface area contributed by atoms with E-state index in [2.05, 4.69) is 0 Å². The summed E-state index contributed by atoms with van der Waals surface area (Å²) in [5, 5.41) is 0.534. The lowest BCUT2D eigenvalue weighted by Gasteiger charge is -2.12. The lowest BCUT2D eigenvalue weighted by Crippen LogP contribution is -2.08. The van der Waals surface area contributed by atoms with Crippen LogP contribution in [0, 0.1) is 0 Å². The molecule has 0 aliphatic heterocycles. The van der Waals surface area contributed by atoms with Crippen molar-refractivity contribution >= 4 is 21.4 Å². The normalized spacial score (nSPS) is 11.4. The lowest BCUT2D eigenvalue weighted by molar-refractivity contribution is 0.162. The van der Waals surface area contributed by atoms with Gasteiger partial charge in [-0.3, -0.25) is 4.79 Å². The van der Waals surface area contributed by atoms with Gasteiger partial charge in [0.1, 0.15) is 18.1 Å². The van der Waals surface area contributed by atoms with Crippen LogP contribution in [0.25, 0.3) is 11.3 Å². The Kier molecular flexibility index (Phi) is 5.88. The zero-order chi connectivity index (χ0) is 20.3. The number of rotatable bonds is 6. The summed E-state index contributed by atoms with van der Waals surface area (Å²) in [5.41, 5.74) is 0.0989. The van der Waals surface area contributed by atoms with Gasteiger partial charge in [-0.1, -0.05) is 11.6 Å². The van der Waals surface area contributed by atoms with E-state index in [1.807, 2.05) is 0 Å². The third-order valence-corrected chi connectivity index (χ3v) is 5.20. The molecule has 0 aliphatic rings. The van der Waals surface area contributed by atoms with Gasteiger partial charge in [-0.25, -0.2) is 8.42 Å². The molecule has 3 aromatic rings. The average molecular weight is 421 g/mol. The highest BCUT2D eigenvalue weighted by Crippen LogP contribution is 2.32. The number of hydrogen-bond acceptors (Lipinski definition) is 6. The first-order valence-corrected chi connectivity index (χ1v) is 10.4. The smallest absolute Gasteiger partial charge is 0.228 e. The molecule has 1 aromatic heterocycles. The van der Waals surface area contributed by atoms with Gasteiger partial charge in [-0.2, -0.15) is 0 Å². The molecule has 0 unspecified atom stereocenters. The molecule has 0 amide bonds. The summed E-state index contributed by atoms with van der Waals surface area (Å²) in [6, 6.07) is 13.8. The molecular formula is C20H17ClO6S. The minimum Gasteiger partial charge on any atom is -0.454 e. The fraction of sp³-hybridized carbons (Fsp3) is 0.150. The summed E-state index contributed by atoms with van der Waals surface area (Å²) in [6.07, 6.45) is 1.12. The number of methoxy groups -OCH3 is 1. The molecular weight excluding hydrogens is 404 g/mol. The molecule has 0 radical (unpaired) electrons. The Bertz CT molecular complexity index is 1130. The van der Waals surface area contributed by atoms with Crippen LogP contribution in [-0.2, 0) is 21.2 Å². The van der Waals surface area contributed by atoms with Gasteiger partial charge in [0.25, 0.3) is 0 Å². The van der Waals surface area contributed by atoms with Gasteiger partial charge in [0, 0.05) is 30.0 Å². The van der Waals surface area contributed by atoms with Gasteiger partial charge >= 0.3 is 0 Å². The van der Waals surface area contributed by atoms with Crippen LogP contribution >= 0.6 is 11.6 Å². The van der Waals surface area contributed by atoms with E-state index in [1.54, 1.807) is 36.4 Å². The van der Waals surface area contributed by atoms with Crippen molar-refractivity contribution in [3.8, 4) is 22.8 Å². The van der Waals surface area contributed by atoms with E-state index in [0.717, 1.165) is 6.26 Å². The average Bonchev–Trinajstić information content (AvgIpc) is 2.65. The molecule has 8 heteroatoms. The van der Waals surface area contributed by atoms with E-state index in [9.17, 15) is 13.2 Å². The van der Waals surface area contributed by atoms with Crippen LogP contribution in [0.2, 0.25) is 5.02 Å². The van der Waals surface area contributed by atoms with E-state index in [1.165, 1.54) is 25.3 Å². The Hall–Kier alpha value is -2.61. The van der Waals surface area contributed by atoms with Crippen LogP contribution in [0.1, 0.15) is 5.76 Å². The van der Waals surface area contributed by atoms with Gasteiger partial charge in [-0.05, 0) is 48.5 Å². The van der Waals surface area contributed by atoms with E-state index in [0.29, 0.717) is 22.1 Å². The first-order chi connectivity index (χ1) is 13.3. The summed E-state index contributed by atoms with van der Waals surface area (Å²) in [4.78, 5) is 12.8. The monoisotopic (exact) mass is 420 g/mol. The van der Waals surface area contributed by atoms with Crippen molar-refractivity contribution in [2.24, 2.45) is 0 Å². The third kappa shape index (κ3) is 4.62. The molecule has 0 saturated heterocycles. The molecule has 0 atom stereocenters. The summed E-state index contributed by atoms with van der Waals surface area (Å²) < 4.78 is 40.0. The Morgan fingerprint density at radius 1 is 1.04 bits per heavy atom. The second kappa shape index (κ2) is 8.18. The van der Waals surface area contributed by atoms with Crippen molar-refractivity contribution < 1.29 is 22.3 Å². The molecule has 3 rings (SSSR count). The number of ether oxygens (including phenoxy) is 2. The molecule has 6 nitrogen and oxygen atoms in total. The Balaban J connectivity index is 2.11. The van der Waals surface area contributed by atoms with Gasteiger partial charge in [0.05, 0.1) is 4.90 Å². The minimum absolute atomic E-state index is 0.0192. The summed E-state index contributed by atoms with van der Waals surface area (Å²) in [5.74, 6) is 0.882. The maximum atomic E-state index is 12.6. The van der Waals surface area contributed by atoms with E-state index < -0.39 is 15.3 Å². The Morgan fingerprint density at radius 3 is 2.25 bits per heavy atom. The SMILES string of the molecule is COCc1cc(=O)c(Oc2ccc(Cl)cc2)c(-c2ccc(S(C)(=O)=O)cc2)o1. The van der Waals surface area contributed by atoms with Crippen molar-refractivity contribution in [2.45, 2.75) is 11.5 Å². The highest BCUT2D eigenvalue weighted by Gasteiger charge is 2.18. The molecule has 28 heavy (non-hydrogen) atoms. The maximum Gasteiger partial charge on any atom is 0.228 e. The van der Waals surface area contributed by atoms with Crippen molar-refractivity contribution in [1.29, 1.82) is 0 Å². The summed E-state index contributed by atoms with van der Waals surface area (Å²) in [6.45, 7) is 0.102. The Labute approximate surface area is 167 Å². The molecule has 146 valence electrons. The first kappa shape index (κ1) is 20.1. The van der Waals surface area contributed by atoms with Crippen molar-refractivity contribution in [2.75, 3.05) is 13.4 Å². The highest BCUT2D eigenvalue weighted by molar-refractivity contribution is 7.90. The lowest BCUT2D eigenvalue weighted by atomic mass is 10.1. The Morgan fingerprint density at radius 2 is 1.68 bits per heavy atom. The molecule has 2 aromatic carbocycles. The van der Waals surface area contributed by atoms with E-state index in [4.69, 9.17) is 25.5 Å². The van der Waals surface area contributed by atoms with Crippen molar-refractivity contribution in [1.82, 2.24) is 0 Å². The van der Waals surface area contributed by atoms with Crippen molar-refractivity contribution in [3.63, 3.8) is 0 Å². The minimum atomic E-state index is -3.35. The van der Waals surface area contributed by atoms with Crippen LogP contribution in [-0.4, -0.2) is 21.8 Å². The summed E-state index contributed by atoms with van der Waals surface area (Å²) in [7, 11) is -1.86. The standard InChI is InChI=1S/C20H17ClO6S/c1-25-12-16-11-18(22)20(26-15-7-5-14(21)6-8-15)19(27-16)13-3-9-17(10-4-13)28(2,23)24/h3-11H,12H2,1-2H3. The quantitative estimate of drug-likeness (QED) is 0.591. The van der Waals surface area contributed by atoms with Crippen LogP contribution in [0.5, 0.6) is 11.5 Å². The fourth-order valence-electron chi connectivity index (χ4n) is 2.50. The van der Waals surface area contributed by atoms with Gasteiger partial charge in [0.2, 0.25) is 11.2 Å².